The van der Waals surface area contributed by atoms with Crippen molar-refractivity contribution in [3.8, 4) is 0 Å². The lowest BCUT2D eigenvalue weighted by Crippen LogP contribution is -2.24. The maximum absolute atomic E-state index is 11.1. The number of aryl methyl sites for hydroxylation is 3. The molecule has 0 fully saturated rings. The largest absolute Gasteiger partial charge is 0.312 e. The molecule has 0 saturated carbocycles. The van der Waals surface area contributed by atoms with E-state index in [9.17, 15) is 8.42 Å². The molecule has 1 N–H and O–H groups in total. The fourth-order valence-corrected chi connectivity index (χ4v) is 3.04. The van der Waals surface area contributed by atoms with Crippen molar-refractivity contribution in [2.45, 2.75) is 39.2 Å². The van der Waals surface area contributed by atoms with E-state index in [0.29, 0.717) is 25.4 Å². The normalized spacial score (nSPS) is 12.4. The van der Waals surface area contributed by atoms with Crippen molar-refractivity contribution in [2.75, 3.05) is 12.8 Å². The Bertz CT molecular complexity index is 734. The Morgan fingerprint density at radius 3 is 2.67 bits per heavy atom. The van der Waals surface area contributed by atoms with Crippen molar-refractivity contribution in [1.82, 2.24) is 24.1 Å². The average molecular weight is 334 g/mol. The Morgan fingerprint density at radius 1 is 1.38 bits per heavy atom. The smallest absolute Gasteiger partial charge is 0.208 e. The van der Waals surface area contributed by atoms with Crippen LogP contribution < -0.4 is 4.72 Å². The summed E-state index contributed by atoms with van der Waals surface area (Å²) in [5, 5.41) is 4.45. The predicted molar refractivity (Wildman–Crippen MR) is 82.9 cm³/mol. The molecule has 0 unspecified atom stereocenters. The maximum atomic E-state index is 11.1. The number of hydrogen-bond donors (Lipinski definition) is 1. The summed E-state index contributed by atoms with van der Waals surface area (Å²) in [6.45, 7) is 5.73. The highest BCUT2D eigenvalue weighted by Crippen LogP contribution is 2.21. The number of halogens is 1. The van der Waals surface area contributed by atoms with Crippen LogP contribution in [0, 0.1) is 6.92 Å². The van der Waals surface area contributed by atoms with Crippen LogP contribution >= 0.6 is 11.6 Å². The second-order valence-electron chi connectivity index (χ2n) is 4.91. The molecule has 118 valence electrons. The van der Waals surface area contributed by atoms with Crippen LogP contribution in [0.3, 0.4) is 0 Å². The highest BCUT2D eigenvalue weighted by molar-refractivity contribution is 7.88. The number of alkyl halides is 1. The number of aromatic nitrogens is 4. The summed E-state index contributed by atoms with van der Waals surface area (Å²) in [5.74, 6) is 1.10. The van der Waals surface area contributed by atoms with Gasteiger partial charge in [0.25, 0.3) is 0 Å². The molecule has 0 aliphatic rings. The lowest BCUT2D eigenvalue weighted by Gasteiger charge is -2.09. The zero-order valence-electron chi connectivity index (χ0n) is 12.4. The van der Waals surface area contributed by atoms with Gasteiger partial charge in [-0.25, -0.2) is 22.8 Å². The molecule has 0 aromatic carbocycles. The first-order valence-electron chi connectivity index (χ1n) is 6.80. The van der Waals surface area contributed by atoms with Gasteiger partial charge in [-0.2, -0.15) is 5.10 Å². The SMILES string of the molecule is CCn1nc(C)c2nc(CCl)n(CCCNS(C)(=O)=O)c21. The number of fused-ring (bicyclic) bond motifs is 1. The number of imidazole rings is 1. The van der Waals surface area contributed by atoms with Crippen molar-refractivity contribution in [1.29, 1.82) is 0 Å². The minimum absolute atomic E-state index is 0.317. The summed E-state index contributed by atoms with van der Waals surface area (Å²) in [7, 11) is -3.15. The van der Waals surface area contributed by atoms with E-state index in [1.807, 2.05) is 23.1 Å². The van der Waals surface area contributed by atoms with E-state index in [-0.39, 0.29) is 0 Å². The monoisotopic (exact) mass is 333 g/mol. The number of nitrogens with one attached hydrogen (secondary N) is 1. The Morgan fingerprint density at radius 2 is 2.10 bits per heavy atom. The summed E-state index contributed by atoms with van der Waals surface area (Å²) in [6, 6.07) is 0. The van der Waals surface area contributed by atoms with Crippen molar-refractivity contribution >= 4 is 32.8 Å². The fourth-order valence-electron chi connectivity index (χ4n) is 2.32. The van der Waals surface area contributed by atoms with Crippen LogP contribution in [0.5, 0.6) is 0 Å². The first-order valence-corrected chi connectivity index (χ1v) is 9.23. The van der Waals surface area contributed by atoms with Gasteiger partial charge in [0.15, 0.2) is 5.65 Å². The van der Waals surface area contributed by atoms with Crippen LogP contribution in [-0.4, -0.2) is 40.5 Å². The second kappa shape index (κ2) is 6.33. The van der Waals surface area contributed by atoms with Crippen LogP contribution in [0.25, 0.3) is 11.2 Å². The quantitative estimate of drug-likeness (QED) is 0.610. The lowest BCUT2D eigenvalue weighted by molar-refractivity contribution is 0.567. The highest BCUT2D eigenvalue weighted by atomic mass is 35.5. The summed E-state index contributed by atoms with van der Waals surface area (Å²) in [5.41, 5.74) is 2.69. The summed E-state index contributed by atoms with van der Waals surface area (Å²) in [4.78, 5) is 4.54. The van der Waals surface area contributed by atoms with Crippen LogP contribution in [0.1, 0.15) is 24.9 Å². The van der Waals surface area contributed by atoms with Crippen molar-refractivity contribution in [3.63, 3.8) is 0 Å². The molecule has 2 rings (SSSR count). The molecule has 0 bridgehead atoms. The molecule has 2 aromatic rings. The van der Waals surface area contributed by atoms with Crippen LogP contribution in [0.4, 0.5) is 0 Å². The van der Waals surface area contributed by atoms with E-state index in [1.54, 1.807) is 0 Å². The van der Waals surface area contributed by atoms with Crippen molar-refractivity contribution < 1.29 is 8.42 Å². The number of hydrogen-bond acceptors (Lipinski definition) is 4. The fraction of sp³-hybridized carbons (Fsp3) is 0.667. The van der Waals surface area contributed by atoms with Gasteiger partial charge in [0, 0.05) is 19.6 Å². The Balaban J connectivity index is 2.24. The maximum Gasteiger partial charge on any atom is 0.208 e. The summed E-state index contributed by atoms with van der Waals surface area (Å²) >= 11 is 5.97. The Kier molecular flexibility index (Phi) is 4.90. The highest BCUT2D eigenvalue weighted by Gasteiger charge is 2.17. The number of nitrogens with zero attached hydrogens (tertiary/aromatic N) is 4. The van der Waals surface area contributed by atoms with E-state index in [1.165, 1.54) is 0 Å². The van der Waals surface area contributed by atoms with Gasteiger partial charge in [-0.1, -0.05) is 0 Å². The van der Waals surface area contributed by atoms with Gasteiger partial charge in [0.2, 0.25) is 10.0 Å². The summed E-state index contributed by atoms with van der Waals surface area (Å²) in [6.07, 6.45) is 1.82. The molecule has 0 amide bonds. The molecule has 0 spiro atoms. The zero-order valence-corrected chi connectivity index (χ0v) is 14.0. The van der Waals surface area contributed by atoms with Gasteiger partial charge in [0.1, 0.15) is 11.3 Å². The molecular weight excluding hydrogens is 314 g/mol. The Hall–Kier alpha value is -1.12. The minimum Gasteiger partial charge on any atom is -0.312 e. The molecule has 0 atom stereocenters. The first-order chi connectivity index (χ1) is 9.87. The van der Waals surface area contributed by atoms with E-state index < -0.39 is 10.0 Å². The van der Waals surface area contributed by atoms with E-state index in [2.05, 4.69) is 14.8 Å². The standard InChI is InChI=1S/C12H20ClN5O2S/c1-4-18-12-11(9(2)16-18)15-10(8-13)17(12)7-5-6-14-21(3,19)20/h14H,4-8H2,1-3H3. The van der Waals surface area contributed by atoms with Gasteiger partial charge in [-0.05, 0) is 20.3 Å². The predicted octanol–water partition coefficient (Wildman–Crippen LogP) is 1.24. The van der Waals surface area contributed by atoms with E-state index in [0.717, 1.165) is 35.5 Å². The van der Waals surface area contributed by atoms with Crippen LogP contribution in [-0.2, 0) is 29.0 Å². The first kappa shape index (κ1) is 16.3. The number of rotatable bonds is 7. The van der Waals surface area contributed by atoms with Crippen molar-refractivity contribution in [2.24, 2.45) is 0 Å². The minimum atomic E-state index is -3.15. The third-order valence-corrected chi connectivity index (χ3v) is 4.19. The molecule has 9 heteroatoms. The van der Waals surface area contributed by atoms with Crippen molar-refractivity contribution in [3.05, 3.63) is 11.5 Å². The molecule has 0 radical (unpaired) electrons. The summed E-state index contributed by atoms with van der Waals surface area (Å²) < 4.78 is 28.5. The van der Waals surface area contributed by atoms with Gasteiger partial charge < -0.3 is 4.57 Å². The second-order valence-corrected chi connectivity index (χ2v) is 7.01. The van der Waals surface area contributed by atoms with Gasteiger partial charge in [0.05, 0.1) is 17.8 Å². The van der Waals surface area contributed by atoms with Crippen LogP contribution in [0.2, 0.25) is 0 Å². The van der Waals surface area contributed by atoms with Crippen LogP contribution in [0.15, 0.2) is 0 Å². The van der Waals surface area contributed by atoms with Gasteiger partial charge >= 0.3 is 0 Å². The molecule has 7 nitrogen and oxygen atoms in total. The molecule has 0 aliphatic heterocycles. The molecule has 0 saturated heterocycles. The topological polar surface area (TPSA) is 81.8 Å². The van der Waals surface area contributed by atoms with Gasteiger partial charge in [-0.3, -0.25) is 0 Å². The molecule has 2 aromatic heterocycles. The lowest BCUT2D eigenvalue weighted by atomic mass is 10.4. The molecule has 2 heterocycles. The van der Waals surface area contributed by atoms with Gasteiger partial charge in [-0.15, -0.1) is 11.6 Å². The zero-order chi connectivity index (χ0) is 15.6. The molecule has 21 heavy (non-hydrogen) atoms. The third-order valence-electron chi connectivity index (χ3n) is 3.22. The molecule has 0 aliphatic carbocycles. The van der Waals surface area contributed by atoms with E-state index in [4.69, 9.17) is 11.6 Å². The Labute approximate surface area is 129 Å². The average Bonchev–Trinajstić information content (AvgIpc) is 2.92. The van der Waals surface area contributed by atoms with E-state index >= 15 is 0 Å². The third kappa shape index (κ3) is 3.56. The number of sulfonamides is 1. The molecular formula is C12H20ClN5O2S.